The molecule has 0 aromatic heterocycles. The van der Waals surface area contributed by atoms with Gasteiger partial charge < -0.3 is 5.73 Å². The molecule has 0 radical (unpaired) electrons. The highest BCUT2D eigenvalue weighted by Gasteiger charge is 2.29. The monoisotopic (exact) mass is 233 g/mol. The first-order chi connectivity index (χ1) is 8.03. The predicted molar refractivity (Wildman–Crippen MR) is 63.4 cm³/mol. The summed E-state index contributed by atoms with van der Waals surface area (Å²) in [7, 11) is 0. The van der Waals surface area contributed by atoms with E-state index in [1.54, 1.807) is 31.2 Å². The van der Waals surface area contributed by atoms with Crippen LogP contribution in [0.1, 0.15) is 18.1 Å². The number of hydrogen-bond donors (Lipinski definition) is 1. The highest BCUT2D eigenvalue weighted by atomic mass is 19.1. The smallest absolute Gasteiger partial charge is 0.131 e. The Labute approximate surface area is 98.9 Å². The molecule has 1 unspecified atom stereocenters. The zero-order valence-corrected chi connectivity index (χ0v) is 9.45. The molecule has 0 fully saturated rings. The lowest BCUT2D eigenvalue weighted by Gasteiger charge is -2.26. The van der Waals surface area contributed by atoms with Crippen LogP contribution in [0.25, 0.3) is 0 Å². The number of nitrogens with two attached hydrogens (primary N) is 1. The molecular formula is C14H13F2N. The molecular weight excluding hydrogens is 220 g/mol. The van der Waals surface area contributed by atoms with E-state index in [9.17, 15) is 8.78 Å². The van der Waals surface area contributed by atoms with Crippen LogP contribution in [0, 0.1) is 11.6 Å². The Morgan fingerprint density at radius 1 is 0.882 bits per heavy atom. The van der Waals surface area contributed by atoms with Crippen molar-refractivity contribution < 1.29 is 8.78 Å². The standard InChI is InChI=1S/C14H13F2N/c1-14(17,10-6-3-2-4-7-10)13-11(15)8-5-9-12(13)16/h2-9H,17H2,1H3. The Kier molecular flexibility index (Phi) is 2.94. The summed E-state index contributed by atoms with van der Waals surface area (Å²) in [5, 5.41) is 0. The lowest BCUT2D eigenvalue weighted by molar-refractivity contribution is 0.482. The summed E-state index contributed by atoms with van der Waals surface area (Å²) < 4.78 is 27.4. The first kappa shape index (κ1) is 11.7. The third-order valence-electron chi connectivity index (χ3n) is 2.86. The minimum atomic E-state index is -1.18. The Balaban J connectivity index is 2.60. The fourth-order valence-electron chi connectivity index (χ4n) is 1.92. The van der Waals surface area contributed by atoms with Crippen molar-refractivity contribution in [3.8, 4) is 0 Å². The van der Waals surface area contributed by atoms with Crippen molar-refractivity contribution in [1.29, 1.82) is 0 Å². The van der Waals surface area contributed by atoms with E-state index >= 15 is 0 Å². The molecule has 2 aromatic rings. The van der Waals surface area contributed by atoms with E-state index in [-0.39, 0.29) is 5.56 Å². The number of benzene rings is 2. The van der Waals surface area contributed by atoms with Gasteiger partial charge in [-0.3, -0.25) is 0 Å². The summed E-state index contributed by atoms with van der Waals surface area (Å²) >= 11 is 0. The Hall–Kier alpha value is -1.74. The average Bonchev–Trinajstić information content (AvgIpc) is 2.29. The maximum atomic E-state index is 13.7. The van der Waals surface area contributed by atoms with Crippen LogP contribution < -0.4 is 5.73 Å². The van der Waals surface area contributed by atoms with Crippen molar-refractivity contribution in [2.75, 3.05) is 0 Å². The predicted octanol–water partition coefficient (Wildman–Crippen LogP) is 3.19. The quantitative estimate of drug-likeness (QED) is 0.847. The molecule has 0 heterocycles. The molecule has 1 nitrogen and oxygen atoms in total. The average molecular weight is 233 g/mol. The van der Waals surface area contributed by atoms with E-state index < -0.39 is 17.2 Å². The van der Waals surface area contributed by atoms with Gasteiger partial charge in [-0.2, -0.15) is 0 Å². The number of hydrogen-bond acceptors (Lipinski definition) is 1. The van der Waals surface area contributed by atoms with E-state index in [1.165, 1.54) is 18.2 Å². The molecule has 17 heavy (non-hydrogen) atoms. The molecule has 2 rings (SSSR count). The molecule has 88 valence electrons. The second-order valence-electron chi connectivity index (χ2n) is 4.17. The highest BCUT2D eigenvalue weighted by Crippen LogP contribution is 2.30. The Morgan fingerprint density at radius 2 is 1.41 bits per heavy atom. The minimum Gasteiger partial charge on any atom is -0.318 e. The summed E-state index contributed by atoms with van der Waals surface area (Å²) in [5.41, 5.74) is 5.46. The molecule has 0 amide bonds. The van der Waals surface area contributed by atoms with Gasteiger partial charge in [0.1, 0.15) is 11.6 Å². The first-order valence-corrected chi connectivity index (χ1v) is 5.32. The Bertz CT molecular complexity index is 501. The molecule has 0 aliphatic carbocycles. The third-order valence-corrected chi connectivity index (χ3v) is 2.86. The second kappa shape index (κ2) is 4.26. The highest BCUT2D eigenvalue weighted by molar-refractivity contribution is 5.38. The third kappa shape index (κ3) is 2.06. The maximum absolute atomic E-state index is 13.7. The van der Waals surface area contributed by atoms with Gasteiger partial charge in [-0.1, -0.05) is 36.4 Å². The lowest BCUT2D eigenvalue weighted by atomic mass is 9.85. The van der Waals surface area contributed by atoms with Crippen molar-refractivity contribution in [3.05, 3.63) is 71.3 Å². The summed E-state index contributed by atoms with van der Waals surface area (Å²) in [6, 6.07) is 12.7. The SMILES string of the molecule is CC(N)(c1ccccc1)c1c(F)cccc1F. The largest absolute Gasteiger partial charge is 0.318 e. The van der Waals surface area contributed by atoms with Crippen LogP contribution in [0.3, 0.4) is 0 Å². The van der Waals surface area contributed by atoms with Gasteiger partial charge in [0.2, 0.25) is 0 Å². The molecule has 0 saturated heterocycles. The van der Waals surface area contributed by atoms with Crippen LogP contribution in [0.2, 0.25) is 0 Å². The fraction of sp³-hybridized carbons (Fsp3) is 0.143. The van der Waals surface area contributed by atoms with Gasteiger partial charge in [0, 0.05) is 5.56 Å². The van der Waals surface area contributed by atoms with Crippen molar-refractivity contribution in [2.24, 2.45) is 5.73 Å². The molecule has 0 aliphatic rings. The normalized spacial score (nSPS) is 14.4. The van der Waals surface area contributed by atoms with Crippen LogP contribution in [-0.2, 0) is 5.54 Å². The Morgan fingerprint density at radius 3 is 1.94 bits per heavy atom. The summed E-state index contributed by atoms with van der Waals surface area (Å²) in [4.78, 5) is 0. The summed E-state index contributed by atoms with van der Waals surface area (Å²) in [6.45, 7) is 1.60. The van der Waals surface area contributed by atoms with E-state index in [2.05, 4.69) is 0 Å². The number of halogens is 2. The van der Waals surface area contributed by atoms with Crippen LogP contribution in [0.4, 0.5) is 8.78 Å². The van der Waals surface area contributed by atoms with Gasteiger partial charge in [0.25, 0.3) is 0 Å². The van der Waals surface area contributed by atoms with Crippen molar-refractivity contribution in [3.63, 3.8) is 0 Å². The molecule has 2 aromatic carbocycles. The number of rotatable bonds is 2. The molecule has 0 saturated carbocycles. The van der Waals surface area contributed by atoms with Crippen LogP contribution in [-0.4, -0.2) is 0 Å². The maximum Gasteiger partial charge on any atom is 0.131 e. The van der Waals surface area contributed by atoms with E-state index in [1.807, 2.05) is 6.07 Å². The van der Waals surface area contributed by atoms with Crippen LogP contribution >= 0.6 is 0 Å². The zero-order chi connectivity index (χ0) is 12.5. The van der Waals surface area contributed by atoms with E-state index in [4.69, 9.17) is 5.73 Å². The zero-order valence-electron chi connectivity index (χ0n) is 9.45. The van der Waals surface area contributed by atoms with Gasteiger partial charge in [-0.15, -0.1) is 0 Å². The first-order valence-electron chi connectivity index (χ1n) is 5.32. The van der Waals surface area contributed by atoms with Crippen molar-refractivity contribution in [2.45, 2.75) is 12.5 Å². The molecule has 0 spiro atoms. The molecule has 0 aliphatic heterocycles. The van der Waals surface area contributed by atoms with Gasteiger partial charge >= 0.3 is 0 Å². The van der Waals surface area contributed by atoms with Crippen molar-refractivity contribution in [1.82, 2.24) is 0 Å². The summed E-state index contributed by atoms with van der Waals surface area (Å²) in [5.74, 6) is -1.25. The van der Waals surface area contributed by atoms with Crippen LogP contribution in [0.15, 0.2) is 48.5 Å². The van der Waals surface area contributed by atoms with Gasteiger partial charge in [-0.25, -0.2) is 8.78 Å². The topological polar surface area (TPSA) is 26.0 Å². The second-order valence-corrected chi connectivity index (χ2v) is 4.17. The lowest BCUT2D eigenvalue weighted by Crippen LogP contribution is -2.36. The minimum absolute atomic E-state index is 0.105. The molecule has 0 bridgehead atoms. The molecule has 2 N–H and O–H groups in total. The summed E-state index contributed by atoms with van der Waals surface area (Å²) in [6.07, 6.45) is 0. The molecule has 3 heteroatoms. The molecule has 1 atom stereocenters. The van der Waals surface area contributed by atoms with Crippen LogP contribution in [0.5, 0.6) is 0 Å². The fourth-order valence-corrected chi connectivity index (χ4v) is 1.92. The van der Waals surface area contributed by atoms with Gasteiger partial charge in [0.15, 0.2) is 0 Å². The van der Waals surface area contributed by atoms with Gasteiger partial charge in [-0.05, 0) is 24.6 Å². The van der Waals surface area contributed by atoms with E-state index in [0.29, 0.717) is 5.56 Å². The van der Waals surface area contributed by atoms with Gasteiger partial charge in [0.05, 0.1) is 5.54 Å². The van der Waals surface area contributed by atoms with Crippen molar-refractivity contribution >= 4 is 0 Å². The van der Waals surface area contributed by atoms with E-state index in [0.717, 1.165) is 0 Å².